The first-order valence-corrected chi connectivity index (χ1v) is 32.6. The van der Waals surface area contributed by atoms with Crippen molar-refractivity contribution in [1.82, 2.24) is 33.2 Å². The maximum atomic E-state index is 5.40. The molecule has 0 N–H and O–H groups in total. The van der Waals surface area contributed by atoms with Crippen LogP contribution in [0.25, 0.3) is 166 Å². The minimum Gasteiger partial charge on any atom is -0.307 e. The minimum absolute atomic E-state index is 0.610. The molecule has 2 aliphatic rings. The number of aromatic nitrogens is 7. The van der Waals surface area contributed by atoms with Crippen molar-refractivity contribution in [2.75, 3.05) is 0 Å². The van der Waals surface area contributed by atoms with E-state index in [-0.39, 0.29) is 0 Å². The van der Waals surface area contributed by atoms with Crippen molar-refractivity contribution in [3.8, 4) is 79.2 Å². The zero-order chi connectivity index (χ0) is 62.0. The Morgan fingerprint density at radius 2 is 0.505 bits per heavy atom. The summed E-state index contributed by atoms with van der Waals surface area (Å²) in [6, 6.07) is 118. The Kier molecular flexibility index (Phi) is 10.8. The van der Waals surface area contributed by atoms with Crippen molar-refractivity contribution in [3.63, 3.8) is 0 Å². The van der Waals surface area contributed by atoms with Gasteiger partial charge in [0, 0.05) is 82.5 Å². The molecule has 7 heteroatoms. The van der Waals surface area contributed by atoms with E-state index in [1.807, 2.05) is 36.4 Å². The van der Waals surface area contributed by atoms with Crippen LogP contribution in [0.3, 0.4) is 0 Å². The molecule has 0 fully saturated rings. The second-order valence-electron chi connectivity index (χ2n) is 25.4. The summed E-state index contributed by atoms with van der Waals surface area (Å²) in [4.78, 5) is 16.0. The average Bonchev–Trinajstić information content (AvgIpc) is 1.63. The summed E-state index contributed by atoms with van der Waals surface area (Å²) in [6.45, 7) is 0. The summed E-state index contributed by atoms with van der Waals surface area (Å²) in [6.07, 6.45) is 0. The molecule has 19 aromatic rings. The average molecular weight is 1210 g/mol. The van der Waals surface area contributed by atoms with Gasteiger partial charge in [0.1, 0.15) is 0 Å². The molecule has 21 rings (SSSR count). The molecule has 0 unspecified atom stereocenters. The standard InChI is InChI=1S/C88H53N7/c1-5-23-54(24-6-1)85-89-86(55-25-7-2-8-26-55)91-87(90-85)56-41-44-62-61-31-13-18-36-73(61)88(74(62)51-56)75-52-59(94-79-39-21-16-34-67(79)71-49-47-69-65-32-14-19-37-77(65)92(81(69)83(71)94)57-27-9-3-10-28-57)42-45-63(75)64-46-43-60(53-76(64)88)95-80-40-22-17-35-68(80)72-50-48-70-66-33-15-20-38-78(66)93(82(70)84(72)95)58-29-11-4-12-30-58/h1-53H. The van der Waals surface area contributed by atoms with E-state index in [0.29, 0.717) is 17.5 Å². The van der Waals surface area contributed by atoms with E-state index in [0.717, 1.165) is 61.5 Å². The van der Waals surface area contributed by atoms with Gasteiger partial charge >= 0.3 is 0 Å². The minimum atomic E-state index is -0.851. The van der Waals surface area contributed by atoms with Crippen molar-refractivity contribution in [3.05, 3.63) is 344 Å². The highest BCUT2D eigenvalue weighted by molar-refractivity contribution is 6.25. The van der Waals surface area contributed by atoms with Crippen LogP contribution in [0.1, 0.15) is 22.3 Å². The number of benzene rings is 14. The third-order valence-electron chi connectivity index (χ3n) is 20.6. The lowest BCUT2D eigenvalue weighted by atomic mass is 9.70. The lowest BCUT2D eigenvalue weighted by Crippen LogP contribution is -2.26. The first-order chi connectivity index (χ1) is 47.2. The maximum absolute atomic E-state index is 5.40. The molecule has 0 saturated heterocycles. The Bertz CT molecular complexity index is 6110. The van der Waals surface area contributed by atoms with Crippen molar-refractivity contribution >= 4 is 87.2 Å². The van der Waals surface area contributed by atoms with Gasteiger partial charge in [0.25, 0.3) is 0 Å². The molecule has 5 heterocycles. The van der Waals surface area contributed by atoms with Crippen LogP contribution in [0.4, 0.5) is 0 Å². The van der Waals surface area contributed by atoms with Gasteiger partial charge in [-0.25, -0.2) is 15.0 Å². The van der Waals surface area contributed by atoms with E-state index in [1.54, 1.807) is 0 Å². The van der Waals surface area contributed by atoms with Crippen LogP contribution in [0.5, 0.6) is 0 Å². The van der Waals surface area contributed by atoms with Crippen molar-refractivity contribution < 1.29 is 0 Å². The number of fused-ring (bicyclic) bond motifs is 24. The van der Waals surface area contributed by atoms with Crippen LogP contribution < -0.4 is 0 Å². The number of hydrogen-bond donors (Lipinski definition) is 0. The fourth-order valence-corrected chi connectivity index (χ4v) is 16.7. The molecule has 7 nitrogen and oxygen atoms in total. The molecule has 1 spiro atoms. The number of rotatable bonds is 7. The summed E-state index contributed by atoms with van der Waals surface area (Å²) in [5, 5.41) is 9.65. The quantitative estimate of drug-likeness (QED) is 0.160. The Morgan fingerprint density at radius 1 is 0.200 bits per heavy atom. The third kappa shape index (κ3) is 7.15. The molecule has 14 aromatic carbocycles. The van der Waals surface area contributed by atoms with E-state index in [2.05, 4.69) is 303 Å². The fraction of sp³-hybridized carbons (Fsp3) is 0.0114. The molecular formula is C88H53N7. The topological polar surface area (TPSA) is 58.4 Å². The smallest absolute Gasteiger partial charge is 0.164 e. The monoisotopic (exact) mass is 1210 g/mol. The normalized spacial score (nSPS) is 12.9. The first-order valence-electron chi connectivity index (χ1n) is 32.6. The highest BCUT2D eigenvalue weighted by Gasteiger charge is 2.52. The Morgan fingerprint density at radius 3 is 0.916 bits per heavy atom. The molecule has 440 valence electrons. The Labute approximate surface area is 545 Å². The number of nitrogens with zero attached hydrogens (tertiary/aromatic N) is 7. The van der Waals surface area contributed by atoms with Crippen LogP contribution in [-0.2, 0) is 5.41 Å². The predicted molar refractivity (Wildman–Crippen MR) is 390 cm³/mol. The summed E-state index contributed by atoms with van der Waals surface area (Å²) < 4.78 is 10.1. The largest absolute Gasteiger partial charge is 0.307 e. The van der Waals surface area contributed by atoms with Gasteiger partial charge in [-0.15, -0.1) is 0 Å². The molecular weight excluding hydrogens is 1160 g/mol. The van der Waals surface area contributed by atoms with E-state index in [9.17, 15) is 0 Å². The molecule has 0 atom stereocenters. The molecule has 0 bridgehead atoms. The van der Waals surface area contributed by atoms with Crippen LogP contribution in [0.15, 0.2) is 322 Å². The van der Waals surface area contributed by atoms with E-state index >= 15 is 0 Å². The summed E-state index contributed by atoms with van der Waals surface area (Å²) in [5.74, 6) is 1.85. The van der Waals surface area contributed by atoms with E-state index in [1.165, 1.54) is 110 Å². The van der Waals surface area contributed by atoms with Gasteiger partial charge < -0.3 is 18.3 Å². The number of hydrogen-bond acceptors (Lipinski definition) is 3. The van der Waals surface area contributed by atoms with Crippen LogP contribution in [0, 0.1) is 0 Å². The molecule has 5 aromatic heterocycles. The molecule has 0 aliphatic heterocycles. The lowest BCUT2D eigenvalue weighted by molar-refractivity contribution is 0.791. The molecule has 0 radical (unpaired) electrons. The molecule has 0 amide bonds. The van der Waals surface area contributed by atoms with Gasteiger partial charge in [-0.3, -0.25) is 0 Å². The SMILES string of the molecule is c1ccc(-c2nc(-c3ccccc3)nc(-c3ccc4c(c3)C3(c5ccccc5-4)c4cc(-n5c6ccccc6c6ccc7c8ccccc8n(-c8ccccc8)c7c65)ccc4-c4ccc(-n5c6ccccc6c6ccc7c8ccccc8n(-c8ccccc8)c7c65)cc43)n2)cc1. The lowest BCUT2D eigenvalue weighted by Gasteiger charge is -2.31. The first kappa shape index (κ1) is 52.0. The van der Waals surface area contributed by atoms with Crippen molar-refractivity contribution in [2.24, 2.45) is 0 Å². The molecule has 2 aliphatic carbocycles. The highest BCUT2D eigenvalue weighted by Crippen LogP contribution is 2.64. The second-order valence-corrected chi connectivity index (χ2v) is 25.4. The van der Waals surface area contributed by atoms with Gasteiger partial charge in [0.15, 0.2) is 17.5 Å². The van der Waals surface area contributed by atoms with Crippen LogP contribution in [0.2, 0.25) is 0 Å². The zero-order valence-electron chi connectivity index (χ0n) is 51.2. The Balaban J connectivity index is 0.881. The van der Waals surface area contributed by atoms with Gasteiger partial charge in [0.05, 0.1) is 49.5 Å². The van der Waals surface area contributed by atoms with E-state index in [4.69, 9.17) is 15.0 Å². The predicted octanol–water partition coefficient (Wildman–Crippen LogP) is 21.6. The summed E-state index contributed by atoms with van der Waals surface area (Å²) in [7, 11) is 0. The molecule has 0 saturated carbocycles. The third-order valence-corrected chi connectivity index (χ3v) is 20.6. The van der Waals surface area contributed by atoms with Crippen LogP contribution >= 0.6 is 0 Å². The summed E-state index contributed by atoms with van der Waals surface area (Å²) >= 11 is 0. The maximum Gasteiger partial charge on any atom is 0.164 e. The van der Waals surface area contributed by atoms with Gasteiger partial charge in [-0.2, -0.15) is 0 Å². The van der Waals surface area contributed by atoms with Crippen molar-refractivity contribution in [2.45, 2.75) is 5.41 Å². The van der Waals surface area contributed by atoms with Crippen molar-refractivity contribution in [1.29, 1.82) is 0 Å². The highest BCUT2D eigenvalue weighted by atomic mass is 15.1. The summed E-state index contributed by atoms with van der Waals surface area (Å²) in [5.41, 5.74) is 25.2. The van der Waals surface area contributed by atoms with Crippen LogP contribution in [-0.4, -0.2) is 33.2 Å². The van der Waals surface area contributed by atoms with E-state index < -0.39 is 5.41 Å². The fourth-order valence-electron chi connectivity index (χ4n) is 16.7. The van der Waals surface area contributed by atoms with Gasteiger partial charge in [-0.1, -0.05) is 243 Å². The molecule has 95 heavy (non-hydrogen) atoms. The number of para-hydroxylation sites is 6. The zero-order valence-corrected chi connectivity index (χ0v) is 51.2. The second kappa shape index (κ2) is 19.7. The van der Waals surface area contributed by atoms with Gasteiger partial charge in [-0.05, 0) is 123 Å². The Hall–Kier alpha value is -12.7. The van der Waals surface area contributed by atoms with Gasteiger partial charge in [0.2, 0.25) is 0 Å².